The molecule has 1 heterocycles. The minimum absolute atomic E-state index is 0.0591. The molecule has 5 nitrogen and oxygen atoms in total. The van der Waals surface area contributed by atoms with Crippen LogP contribution in [0.5, 0.6) is 0 Å². The minimum Gasteiger partial charge on any atom is -0.315 e. The molecule has 4 aromatic rings. The average Bonchev–Trinajstić information content (AvgIpc) is 2.81. The minimum atomic E-state index is -0.440. The normalized spacial score (nSPS) is 12.0. The van der Waals surface area contributed by atoms with Gasteiger partial charge in [0.05, 0.1) is 21.8 Å². The molecule has 0 saturated heterocycles. The van der Waals surface area contributed by atoms with Crippen molar-refractivity contribution in [3.63, 3.8) is 0 Å². The van der Waals surface area contributed by atoms with E-state index in [9.17, 15) is 9.59 Å². The van der Waals surface area contributed by atoms with Gasteiger partial charge < -0.3 is 4.90 Å². The first-order valence-corrected chi connectivity index (χ1v) is 11.3. The van der Waals surface area contributed by atoms with Gasteiger partial charge in [0.2, 0.25) is 5.91 Å². The summed E-state index contributed by atoms with van der Waals surface area (Å²) in [5.41, 5.74) is 4.19. The van der Waals surface area contributed by atoms with Gasteiger partial charge in [0.1, 0.15) is 0 Å². The molecule has 0 fully saturated rings. The van der Waals surface area contributed by atoms with Crippen molar-refractivity contribution in [3.8, 4) is 5.69 Å². The quantitative estimate of drug-likeness (QED) is 0.316. The van der Waals surface area contributed by atoms with Crippen LogP contribution in [0, 0.1) is 13.8 Å². The maximum Gasteiger partial charge on any atom is 0.266 e. The van der Waals surface area contributed by atoms with Gasteiger partial charge in [-0.25, -0.2) is 4.98 Å². The number of benzene rings is 3. The molecule has 6 heteroatoms. The van der Waals surface area contributed by atoms with E-state index in [1.54, 1.807) is 22.6 Å². The molecule has 4 rings (SSSR count). The predicted molar refractivity (Wildman–Crippen MR) is 132 cm³/mol. The summed E-state index contributed by atoms with van der Waals surface area (Å²) in [6.07, 6.45) is 0. The summed E-state index contributed by atoms with van der Waals surface area (Å²) in [5.74, 6) is -0.0591. The Labute approximate surface area is 191 Å². The van der Waals surface area contributed by atoms with E-state index in [0.29, 0.717) is 16.1 Å². The number of carbonyl (C=O) groups excluding carboxylic acids is 1. The molecule has 1 unspecified atom stereocenters. The van der Waals surface area contributed by atoms with Crippen molar-refractivity contribution in [1.29, 1.82) is 0 Å². The Hall–Kier alpha value is -3.38. The van der Waals surface area contributed by atoms with Crippen LogP contribution < -0.4 is 10.5 Å². The first-order chi connectivity index (χ1) is 15.4. The van der Waals surface area contributed by atoms with E-state index in [4.69, 9.17) is 4.98 Å². The lowest BCUT2D eigenvalue weighted by Crippen LogP contribution is -2.34. The van der Waals surface area contributed by atoms with Gasteiger partial charge in [-0.15, -0.1) is 0 Å². The van der Waals surface area contributed by atoms with Crippen molar-refractivity contribution in [1.82, 2.24) is 9.55 Å². The molecule has 162 valence electrons. The van der Waals surface area contributed by atoms with Crippen LogP contribution in [0.2, 0.25) is 0 Å². The van der Waals surface area contributed by atoms with E-state index in [-0.39, 0.29) is 11.5 Å². The van der Waals surface area contributed by atoms with Gasteiger partial charge in [0.25, 0.3) is 5.56 Å². The molecule has 1 aromatic heterocycles. The number of hydrogen-bond donors (Lipinski definition) is 0. The van der Waals surface area contributed by atoms with Crippen LogP contribution in [-0.4, -0.2) is 27.8 Å². The number of thioether (sulfide) groups is 1. The van der Waals surface area contributed by atoms with E-state index < -0.39 is 5.25 Å². The largest absolute Gasteiger partial charge is 0.315 e. The Morgan fingerprint density at radius 3 is 2.41 bits per heavy atom. The van der Waals surface area contributed by atoms with E-state index in [2.05, 4.69) is 0 Å². The third kappa shape index (κ3) is 4.06. The molecule has 0 aliphatic carbocycles. The van der Waals surface area contributed by atoms with Gasteiger partial charge in [-0.1, -0.05) is 54.2 Å². The van der Waals surface area contributed by atoms with Gasteiger partial charge in [0.15, 0.2) is 5.16 Å². The SMILES string of the molecule is Cc1cccc(-n2c(SC(C)C(=O)N(C)c3ccccc3)nc3ccccc3c2=O)c1C. The zero-order chi connectivity index (χ0) is 22.8. The van der Waals surface area contributed by atoms with Crippen LogP contribution in [0.15, 0.2) is 82.7 Å². The summed E-state index contributed by atoms with van der Waals surface area (Å²) in [5, 5.41) is 0.618. The van der Waals surface area contributed by atoms with E-state index in [1.807, 2.05) is 87.5 Å². The Morgan fingerprint density at radius 2 is 1.66 bits per heavy atom. The van der Waals surface area contributed by atoms with E-state index in [1.165, 1.54) is 11.8 Å². The summed E-state index contributed by atoms with van der Waals surface area (Å²) >= 11 is 1.30. The molecule has 0 radical (unpaired) electrons. The van der Waals surface area contributed by atoms with Crippen LogP contribution in [0.25, 0.3) is 16.6 Å². The molecule has 0 N–H and O–H groups in total. The number of carbonyl (C=O) groups is 1. The number of nitrogens with zero attached hydrogens (tertiary/aromatic N) is 3. The lowest BCUT2D eigenvalue weighted by Gasteiger charge is -2.22. The Morgan fingerprint density at radius 1 is 0.969 bits per heavy atom. The van der Waals surface area contributed by atoms with Crippen LogP contribution in [0.3, 0.4) is 0 Å². The lowest BCUT2D eigenvalue weighted by molar-refractivity contribution is -0.117. The first-order valence-electron chi connectivity index (χ1n) is 10.5. The van der Waals surface area contributed by atoms with Crippen LogP contribution >= 0.6 is 11.8 Å². The molecule has 0 aliphatic heterocycles. The van der Waals surface area contributed by atoms with E-state index in [0.717, 1.165) is 22.5 Å². The van der Waals surface area contributed by atoms with Gasteiger partial charge in [-0.2, -0.15) is 0 Å². The molecule has 0 spiro atoms. The Bertz CT molecular complexity index is 1350. The molecule has 1 amide bonds. The average molecular weight is 444 g/mol. The smallest absolute Gasteiger partial charge is 0.266 e. The van der Waals surface area contributed by atoms with Crippen molar-refractivity contribution < 1.29 is 4.79 Å². The molecule has 0 bridgehead atoms. The molecule has 1 atom stereocenters. The van der Waals surface area contributed by atoms with Crippen molar-refractivity contribution in [3.05, 3.63) is 94.3 Å². The van der Waals surface area contributed by atoms with E-state index >= 15 is 0 Å². The summed E-state index contributed by atoms with van der Waals surface area (Å²) in [7, 11) is 1.76. The fourth-order valence-corrected chi connectivity index (χ4v) is 4.65. The second kappa shape index (κ2) is 9.01. The number of fused-ring (bicyclic) bond motifs is 1. The molecular formula is C26H25N3O2S. The fraction of sp³-hybridized carbons (Fsp3) is 0.192. The monoisotopic (exact) mass is 443 g/mol. The van der Waals surface area contributed by atoms with Crippen molar-refractivity contribution >= 4 is 34.3 Å². The molecule has 0 aliphatic rings. The van der Waals surface area contributed by atoms with Gasteiger partial charge in [-0.3, -0.25) is 14.2 Å². The third-order valence-electron chi connectivity index (χ3n) is 5.67. The summed E-state index contributed by atoms with van der Waals surface area (Å²) < 4.78 is 1.64. The molecule has 0 saturated carbocycles. The van der Waals surface area contributed by atoms with Gasteiger partial charge >= 0.3 is 0 Å². The van der Waals surface area contributed by atoms with Gasteiger partial charge in [-0.05, 0) is 62.2 Å². The number of aryl methyl sites for hydroxylation is 1. The summed E-state index contributed by atoms with van der Waals surface area (Å²) in [6, 6.07) is 22.7. The standard InChI is InChI=1S/C26H25N3O2S/c1-17-11-10-16-23(18(17)2)29-25(31)21-14-8-9-15-22(21)27-26(29)32-19(3)24(30)28(4)20-12-6-5-7-13-20/h5-16,19H,1-4H3. The summed E-state index contributed by atoms with van der Waals surface area (Å²) in [4.78, 5) is 33.1. The highest BCUT2D eigenvalue weighted by molar-refractivity contribution is 8.00. The zero-order valence-corrected chi connectivity index (χ0v) is 19.4. The van der Waals surface area contributed by atoms with Gasteiger partial charge in [0, 0.05) is 12.7 Å². The Balaban J connectivity index is 1.80. The maximum atomic E-state index is 13.5. The summed E-state index contributed by atoms with van der Waals surface area (Å²) in [6.45, 7) is 5.87. The zero-order valence-electron chi connectivity index (χ0n) is 18.6. The van der Waals surface area contributed by atoms with Crippen LogP contribution in [0.1, 0.15) is 18.1 Å². The second-order valence-electron chi connectivity index (χ2n) is 7.76. The third-order valence-corrected chi connectivity index (χ3v) is 6.71. The molecule has 3 aromatic carbocycles. The number of para-hydroxylation sites is 2. The Kier molecular flexibility index (Phi) is 6.15. The highest BCUT2D eigenvalue weighted by Gasteiger charge is 2.24. The van der Waals surface area contributed by atoms with Crippen molar-refractivity contribution in [2.45, 2.75) is 31.2 Å². The number of hydrogen-bond acceptors (Lipinski definition) is 4. The van der Waals surface area contributed by atoms with Crippen molar-refractivity contribution in [2.24, 2.45) is 0 Å². The number of rotatable bonds is 5. The lowest BCUT2D eigenvalue weighted by atomic mass is 10.1. The number of anilines is 1. The van der Waals surface area contributed by atoms with Crippen LogP contribution in [-0.2, 0) is 4.79 Å². The van der Waals surface area contributed by atoms with Crippen LogP contribution in [0.4, 0.5) is 5.69 Å². The molecule has 32 heavy (non-hydrogen) atoms. The molecular weight excluding hydrogens is 418 g/mol. The highest BCUT2D eigenvalue weighted by Crippen LogP contribution is 2.28. The first kappa shape index (κ1) is 21.8. The number of amides is 1. The second-order valence-corrected chi connectivity index (χ2v) is 9.07. The number of aromatic nitrogens is 2. The maximum absolute atomic E-state index is 13.5. The fourth-order valence-electron chi connectivity index (χ4n) is 3.64. The predicted octanol–water partition coefficient (Wildman–Crippen LogP) is 5.15. The topological polar surface area (TPSA) is 55.2 Å². The highest BCUT2D eigenvalue weighted by atomic mass is 32.2. The van der Waals surface area contributed by atoms with Crippen molar-refractivity contribution in [2.75, 3.05) is 11.9 Å².